The lowest BCUT2D eigenvalue weighted by molar-refractivity contribution is -0.137. The minimum absolute atomic E-state index is 0.0391. The standard InChI is InChI=1S/C25H29F3N4O3.C2H6/c26-25(27,28)20-11-4-3-10-19(20)22-15-21(31-32(22)18-8-1-2-9-18)24(35)30-17(12-13-33)14-23(34)29-16-6-5-7-16;1-2/h3-4,10-11,13,15-18H,1-2,5-9,12,14H2,(H,29,34)(H,30,35);1-2H3. The molecule has 10 heteroatoms. The number of nitrogens with one attached hydrogen (secondary N) is 2. The number of halogens is 3. The van der Waals surface area contributed by atoms with Crippen LogP contribution in [-0.2, 0) is 15.8 Å². The van der Waals surface area contributed by atoms with Gasteiger partial charge >= 0.3 is 6.18 Å². The number of alkyl halides is 3. The topological polar surface area (TPSA) is 93.1 Å². The van der Waals surface area contributed by atoms with Gasteiger partial charge in [0.05, 0.1) is 17.3 Å². The lowest BCUT2D eigenvalue weighted by atomic mass is 9.93. The monoisotopic (exact) mass is 520 g/mol. The predicted molar refractivity (Wildman–Crippen MR) is 134 cm³/mol. The van der Waals surface area contributed by atoms with Gasteiger partial charge < -0.3 is 15.4 Å². The number of aldehydes is 1. The Kier molecular flexibility index (Phi) is 9.88. The molecule has 1 aromatic heterocycles. The van der Waals surface area contributed by atoms with Crippen LogP contribution in [0.15, 0.2) is 30.3 Å². The van der Waals surface area contributed by atoms with Gasteiger partial charge in [0.2, 0.25) is 5.91 Å². The van der Waals surface area contributed by atoms with E-state index < -0.39 is 23.7 Å². The molecule has 2 aromatic rings. The Hall–Kier alpha value is -3.17. The summed E-state index contributed by atoms with van der Waals surface area (Å²) in [5.74, 6) is -0.881. The second-order valence-corrected chi connectivity index (χ2v) is 9.31. The molecule has 2 fully saturated rings. The summed E-state index contributed by atoms with van der Waals surface area (Å²) in [7, 11) is 0. The number of carbonyl (C=O) groups is 3. The molecule has 7 nitrogen and oxygen atoms in total. The van der Waals surface area contributed by atoms with Gasteiger partial charge in [0.15, 0.2) is 5.69 Å². The van der Waals surface area contributed by atoms with Crippen molar-refractivity contribution in [2.24, 2.45) is 0 Å². The molecular formula is C27H35F3N4O3. The van der Waals surface area contributed by atoms with E-state index in [0.717, 1.165) is 51.0 Å². The van der Waals surface area contributed by atoms with Crippen molar-refractivity contribution < 1.29 is 27.6 Å². The molecule has 202 valence electrons. The fourth-order valence-corrected chi connectivity index (χ4v) is 4.72. The molecule has 0 saturated heterocycles. The largest absolute Gasteiger partial charge is 0.417 e. The van der Waals surface area contributed by atoms with Crippen molar-refractivity contribution >= 4 is 18.1 Å². The molecule has 2 aliphatic rings. The van der Waals surface area contributed by atoms with Crippen LogP contribution in [-0.4, -0.2) is 40.0 Å². The molecule has 4 rings (SSSR count). The summed E-state index contributed by atoms with van der Waals surface area (Å²) in [5, 5.41) is 9.95. The first kappa shape index (κ1) is 28.4. The number of amides is 2. The number of hydrogen-bond donors (Lipinski definition) is 2. The second-order valence-electron chi connectivity index (χ2n) is 9.31. The van der Waals surface area contributed by atoms with Crippen LogP contribution in [0.3, 0.4) is 0 Å². The van der Waals surface area contributed by atoms with E-state index in [1.54, 1.807) is 0 Å². The smallest absolute Gasteiger partial charge is 0.353 e. The molecule has 2 aliphatic carbocycles. The van der Waals surface area contributed by atoms with Crippen molar-refractivity contribution in [3.8, 4) is 11.3 Å². The highest BCUT2D eigenvalue weighted by molar-refractivity contribution is 5.94. The minimum Gasteiger partial charge on any atom is -0.353 e. The summed E-state index contributed by atoms with van der Waals surface area (Å²) in [6, 6.07) is 5.91. The van der Waals surface area contributed by atoms with Gasteiger partial charge in [-0.2, -0.15) is 18.3 Å². The third-order valence-corrected chi connectivity index (χ3v) is 6.77. The number of nitrogens with zero attached hydrogens (tertiary/aromatic N) is 2. The number of hydrogen-bond acceptors (Lipinski definition) is 4. The normalized spacial score (nSPS) is 16.8. The summed E-state index contributed by atoms with van der Waals surface area (Å²) in [4.78, 5) is 36.5. The SMILES string of the molecule is CC.O=CCC(CC(=O)NC1CCC1)NC(=O)c1cc(-c2ccccc2C(F)(F)F)n(C2CCCC2)n1. The fraction of sp³-hybridized carbons (Fsp3) is 0.556. The van der Waals surface area contributed by atoms with Gasteiger partial charge in [-0.25, -0.2) is 0 Å². The summed E-state index contributed by atoms with van der Waals surface area (Å²) < 4.78 is 42.7. The van der Waals surface area contributed by atoms with Gasteiger partial charge in [-0.3, -0.25) is 14.3 Å². The molecule has 1 atom stereocenters. The average Bonchev–Trinajstić information content (AvgIpc) is 3.52. The van der Waals surface area contributed by atoms with Crippen molar-refractivity contribution in [2.75, 3.05) is 0 Å². The molecule has 2 amide bonds. The third kappa shape index (κ3) is 7.20. The Morgan fingerprint density at radius 3 is 2.38 bits per heavy atom. The Balaban J connectivity index is 0.00000186. The number of carbonyl (C=O) groups excluding carboxylic acids is 3. The van der Waals surface area contributed by atoms with Crippen LogP contribution in [0.4, 0.5) is 13.2 Å². The van der Waals surface area contributed by atoms with Gasteiger partial charge in [-0.15, -0.1) is 0 Å². The average molecular weight is 521 g/mol. The first-order valence-electron chi connectivity index (χ1n) is 13.1. The highest BCUT2D eigenvalue weighted by Gasteiger charge is 2.35. The van der Waals surface area contributed by atoms with Crippen molar-refractivity contribution in [2.45, 2.75) is 95.9 Å². The minimum atomic E-state index is -4.56. The van der Waals surface area contributed by atoms with Gasteiger partial charge in [-0.1, -0.05) is 44.9 Å². The van der Waals surface area contributed by atoms with Crippen molar-refractivity contribution in [3.05, 3.63) is 41.6 Å². The zero-order chi connectivity index (χ0) is 27.0. The first-order valence-corrected chi connectivity index (χ1v) is 13.1. The van der Waals surface area contributed by atoms with Crippen LogP contribution in [0.25, 0.3) is 11.3 Å². The molecule has 1 heterocycles. The number of aromatic nitrogens is 2. The maximum Gasteiger partial charge on any atom is 0.417 e. The second kappa shape index (κ2) is 12.9. The Bertz CT molecular complexity index is 1070. The first-order chi connectivity index (χ1) is 17.8. The number of benzene rings is 1. The van der Waals surface area contributed by atoms with E-state index in [-0.39, 0.29) is 47.8 Å². The molecule has 2 saturated carbocycles. The quantitative estimate of drug-likeness (QED) is 0.430. The van der Waals surface area contributed by atoms with E-state index in [0.29, 0.717) is 6.29 Å². The maximum absolute atomic E-state index is 13.7. The number of rotatable bonds is 9. The van der Waals surface area contributed by atoms with E-state index in [1.165, 1.54) is 28.9 Å². The van der Waals surface area contributed by atoms with Crippen LogP contribution < -0.4 is 10.6 Å². The van der Waals surface area contributed by atoms with Crippen LogP contribution >= 0.6 is 0 Å². The predicted octanol–water partition coefficient (Wildman–Crippen LogP) is 5.46. The molecular weight excluding hydrogens is 485 g/mol. The van der Waals surface area contributed by atoms with Crippen LogP contribution in [0.1, 0.15) is 93.7 Å². The molecule has 0 spiro atoms. The molecule has 0 bridgehead atoms. The van der Waals surface area contributed by atoms with Gasteiger partial charge in [-0.05, 0) is 44.2 Å². The van der Waals surface area contributed by atoms with E-state index >= 15 is 0 Å². The Morgan fingerprint density at radius 1 is 1.11 bits per heavy atom. The summed E-state index contributed by atoms with van der Waals surface area (Å²) in [5.41, 5.74) is -0.649. The highest BCUT2D eigenvalue weighted by Crippen LogP contribution is 2.40. The summed E-state index contributed by atoms with van der Waals surface area (Å²) in [6.45, 7) is 4.00. The Morgan fingerprint density at radius 2 is 1.78 bits per heavy atom. The van der Waals surface area contributed by atoms with Gasteiger partial charge in [0.25, 0.3) is 5.91 Å². The lowest BCUT2D eigenvalue weighted by Crippen LogP contribution is -2.44. The summed E-state index contributed by atoms with van der Waals surface area (Å²) in [6.07, 6.45) is 2.23. The van der Waals surface area contributed by atoms with Crippen molar-refractivity contribution in [1.29, 1.82) is 0 Å². The van der Waals surface area contributed by atoms with Crippen LogP contribution in [0, 0.1) is 0 Å². The molecule has 0 aliphatic heterocycles. The van der Waals surface area contributed by atoms with E-state index in [9.17, 15) is 27.6 Å². The van der Waals surface area contributed by atoms with Gasteiger partial charge in [0.1, 0.15) is 6.29 Å². The molecule has 1 unspecified atom stereocenters. The summed E-state index contributed by atoms with van der Waals surface area (Å²) >= 11 is 0. The zero-order valence-electron chi connectivity index (χ0n) is 21.3. The Labute approximate surface area is 215 Å². The molecule has 37 heavy (non-hydrogen) atoms. The third-order valence-electron chi connectivity index (χ3n) is 6.77. The highest BCUT2D eigenvalue weighted by atomic mass is 19.4. The van der Waals surface area contributed by atoms with Crippen LogP contribution in [0.2, 0.25) is 0 Å². The van der Waals surface area contributed by atoms with Crippen molar-refractivity contribution in [1.82, 2.24) is 20.4 Å². The fourth-order valence-electron chi connectivity index (χ4n) is 4.72. The van der Waals surface area contributed by atoms with Gasteiger partial charge in [0, 0.05) is 30.5 Å². The van der Waals surface area contributed by atoms with Crippen LogP contribution in [0.5, 0.6) is 0 Å². The molecule has 0 radical (unpaired) electrons. The van der Waals surface area contributed by atoms with E-state index in [2.05, 4.69) is 15.7 Å². The zero-order valence-corrected chi connectivity index (χ0v) is 21.3. The van der Waals surface area contributed by atoms with E-state index in [4.69, 9.17) is 0 Å². The van der Waals surface area contributed by atoms with E-state index in [1.807, 2.05) is 13.8 Å². The van der Waals surface area contributed by atoms with Crippen molar-refractivity contribution in [3.63, 3.8) is 0 Å². The maximum atomic E-state index is 13.7. The lowest BCUT2D eigenvalue weighted by Gasteiger charge is -2.27. The molecule has 1 aromatic carbocycles. The molecule has 2 N–H and O–H groups in total.